The lowest BCUT2D eigenvalue weighted by atomic mass is 9.96. The summed E-state index contributed by atoms with van der Waals surface area (Å²) in [6.07, 6.45) is -0.0343. The molecule has 13 heteroatoms. The van der Waals surface area contributed by atoms with Gasteiger partial charge in [0.05, 0.1) is 11.9 Å². The quantitative estimate of drug-likeness (QED) is 0.396. The van der Waals surface area contributed by atoms with E-state index in [1.54, 1.807) is 30.5 Å². The van der Waals surface area contributed by atoms with Crippen molar-refractivity contribution in [3.63, 3.8) is 0 Å². The monoisotopic (exact) mass is 549 g/mol. The van der Waals surface area contributed by atoms with E-state index in [1.807, 2.05) is 13.0 Å². The fourth-order valence-electron chi connectivity index (χ4n) is 4.08. The number of carbonyl (C=O) groups is 2. The van der Waals surface area contributed by atoms with E-state index in [0.29, 0.717) is 30.8 Å². The van der Waals surface area contributed by atoms with Crippen LogP contribution in [0.3, 0.4) is 0 Å². The van der Waals surface area contributed by atoms with Gasteiger partial charge in [-0.3, -0.25) is 9.59 Å². The van der Waals surface area contributed by atoms with Gasteiger partial charge in [0.15, 0.2) is 24.0 Å². The fourth-order valence-corrected chi connectivity index (χ4v) is 4.52. The molecule has 4 rings (SSSR count). The number of halogens is 3. The second-order valence-electron chi connectivity index (χ2n) is 9.01. The van der Waals surface area contributed by atoms with Crippen LogP contribution in [-0.4, -0.2) is 62.0 Å². The fraction of sp³-hybridized carbons (Fsp3) is 0.360. The topological polar surface area (TPSA) is 121 Å². The first-order chi connectivity index (χ1) is 18.0. The third-order valence-electron chi connectivity index (χ3n) is 5.75. The van der Waals surface area contributed by atoms with E-state index in [2.05, 4.69) is 20.7 Å². The van der Waals surface area contributed by atoms with Crippen LogP contribution in [-0.2, 0) is 28.8 Å². The lowest BCUT2D eigenvalue weighted by molar-refractivity contribution is -0.153. The van der Waals surface area contributed by atoms with Gasteiger partial charge in [-0.2, -0.15) is 23.0 Å². The molecular weight excluding hydrogens is 523 g/mol. The Hall–Kier alpha value is -3.58. The SMILES string of the molecule is Cc1ccc(-n2nc3c(c2NC(=O)C[S+](C)[O-])C(=O)NC(CCc2cccc(OCC(F)(F)F)c2)C3)nc1. The minimum absolute atomic E-state index is 0.118. The van der Waals surface area contributed by atoms with Gasteiger partial charge in [-0.15, -0.1) is 0 Å². The van der Waals surface area contributed by atoms with Gasteiger partial charge in [-0.05, 0) is 60.3 Å². The highest BCUT2D eigenvalue weighted by molar-refractivity contribution is 7.91. The minimum atomic E-state index is -4.43. The van der Waals surface area contributed by atoms with Gasteiger partial charge < -0.3 is 19.9 Å². The molecule has 3 heterocycles. The second kappa shape index (κ2) is 11.4. The molecule has 3 aromatic rings. The standard InChI is InChI=1S/C25H26F3N5O4S/c1-15-6-9-20(29-12-15)33-23(31-21(34)13-38(2)36)22-19(32-33)11-17(30-24(22)35)8-7-16-4-3-5-18(10-16)37-14-25(26,27)28/h3-6,9-10,12,17H,7-8,11,13-14H2,1-2H3,(H,30,35)(H,31,34). The van der Waals surface area contributed by atoms with Crippen molar-refractivity contribution >= 4 is 28.8 Å². The van der Waals surface area contributed by atoms with Gasteiger partial charge in [0.2, 0.25) is 0 Å². The molecule has 1 aromatic carbocycles. The highest BCUT2D eigenvalue weighted by Crippen LogP contribution is 2.29. The number of carbonyl (C=O) groups excluding carboxylic acids is 2. The first-order valence-corrected chi connectivity index (χ1v) is 13.5. The van der Waals surface area contributed by atoms with Crippen molar-refractivity contribution in [1.82, 2.24) is 20.1 Å². The molecule has 2 amide bonds. The van der Waals surface area contributed by atoms with Gasteiger partial charge in [-0.25, -0.2) is 4.98 Å². The Morgan fingerprint density at radius 3 is 2.79 bits per heavy atom. The van der Waals surface area contributed by atoms with Gasteiger partial charge in [0.25, 0.3) is 11.8 Å². The zero-order valence-electron chi connectivity index (χ0n) is 20.7. The third-order valence-corrected chi connectivity index (χ3v) is 6.42. The number of nitrogens with zero attached hydrogens (tertiary/aromatic N) is 3. The van der Waals surface area contributed by atoms with Crippen LogP contribution in [0, 0.1) is 6.92 Å². The van der Waals surface area contributed by atoms with Crippen LogP contribution in [0.5, 0.6) is 5.75 Å². The molecule has 2 aromatic heterocycles. The van der Waals surface area contributed by atoms with Crippen molar-refractivity contribution in [2.75, 3.05) is 23.9 Å². The smallest absolute Gasteiger partial charge is 0.422 e. The summed E-state index contributed by atoms with van der Waals surface area (Å²) in [7, 11) is 0. The van der Waals surface area contributed by atoms with E-state index < -0.39 is 35.8 Å². The van der Waals surface area contributed by atoms with E-state index in [9.17, 15) is 27.3 Å². The molecule has 0 fully saturated rings. The number of amides is 2. The van der Waals surface area contributed by atoms with Crippen molar-refractivity contribution in [1.29, 1.82) is 0 Å². The maximum atomic E-state index is 13.1. The highest BCUT2D eigenvalue weighted by Gasteiger charge is 2.33. The molecule has 9 nitrogen and oxygen atoms in total. The maximum Gasteiger partial charge on any atom is 0.422 e. The predicted molar refractivity (Wildman–Crippen MR) is 135 cm³/mol. The summed E-state index contributed by atoms with van der Waals surface area (Å²) < 4.78 is 55.1. The first-order valence-electron chi connectivity index (χ1n) is 11.7. The van der Waals surface area contributed by atoms with Crippen LogP contribution in [0.25, 0.3) is 5.82 Å². The van der Waals surface area contributed by atoms with Gasteiger partial charge in [0, 0.05) is 18.7 Å². The summed E-state index contributed by atoms with van der Waals surface area (Å²) >= 11 is -1.38. The Morgan fingerprint density at radius 1 is 1.32 bits per heavy atom. The number of aromatic nitrogens is 3. The molecule has 2 unspecified atom stereocenters. The Balaban J connectivity index is 1.52. The van der Waals surface area contributed by atoms with Crippen LogP contribution in [0.1, 0.15) is 33.6 Å². The number of anilines is 1. The maximum absolute atomic E-state index is 13.1. The molecule has 202 valence electrons. The third kappa shape index (κ3) is 7.04. The lowest BCUT2D eigenvalue weighted by Gasteiger charge is -2.23. The van der Waals surface area contributed by atoms with E-state index in [-0.39, 0.29) is 28.9 Å². The van der Waals surface area contributed by atoms with Gasteiger partial charge in [-0.1, -0.05) is 18.2 Å². The van der Waals surface area contributed by atoms with Crippen LogP contribution >= 0.6 is 0 Å². The van der Waals surface area contributed by atoms with Crippen LogP contribution < -0.4 is 15.4 Å². The molecule has 0 saturated carbocycles. The van der Waals surface area contributed by atoms with Crippen LogP contribution in [0.2, 0.25) is 0 Å². The summed E-state index contributed by atoms with van der Waals surface area (Å²) in [5.41, 5.74) is 2.36. The number of pyridine rings is 1. The summed E-state index contributed by atoms with van der Waals surface area (Å²) in [6.45, 7) is 0.504. The largest absolute Gasteiger partial charge is 0.616 e. The zero-order valence-corrected chi connectivity index (χ0v) is 21.5. The van der Waals surface area contributed by atoms with Crippen LogP contribution in [0.15, 0.2) is 42.6 Å². The number of benzene rings is 1. The average Bonchev–Trinajstić information content (AvgIpc) is 3.19. The van der Waals surface area contributed by atoms with E-state index in [1.165, 1.54) is 17.0 Å². The molecule has 0 radical (unpaired) electrons. The molecular formula is C25H26F3N5O4S. The zero-order chi connectivity index (χ0) is 27.4. The molecule has 0 saturated heterocycles. The highest BCUT2D eigenvalue weighted by atomic mass is 32.2. The number of nitrogens with one attached hydrogen (secondary N) is 2. The van der Waals surface area contributed by atoms with Crippen molar-refractivity contribution in [2.24, 2.45) is 0 Å². The van der Waals surface area contributed by atoms with Crippen molar-refractivity contribution in [2.45, 2.75) is 38.4 Å². The number of alkyl halides is 3. The second-order valence-corrected chi connectivity index (χ2v) is 10.4. The first kappa shape index (κ1) is 27.5. The van der Waals surface area contributed by atoms with Crippen molar-refractivity contribution < 1.29 is 32.0 Å². The number of rotatable bonds is 9. The molecule has 0 spiro atoms. The Labute approximate surface area is 220 Å². The van der Waals surface area contributed by atoms with Crippen LogP contribution in [0.4, 0.5) is 19.0 Å². The molecule has 0 bridgehead atoms. The molecule has 2 N–H and O–H groups in total. The van der Waals surface area contributed by atoms with E-state index in [0.717, 1.165) is 11.1 Å². The molecule has 2 atom stereocenters. The normalized spacial score (nSPS) is 15.9. The Morgan fingerprint density at radius 2 is 2.11 bits per heavy atom. The lowest BCUT2D eigenvalue weighted by Crippen LogP contribution is -2.41. The minimum Gasteiger partial charge on any atom is -0.616 e. The number of aryl methyl sites for hydroxylation is 2. The summed E-state index contributed by atoms with van der Waals surface area (Å²) in [5, 5.41) is 10.2. The van der Waals surface area contributed by atoms with Gasteiger partial charge >= 0.3 is 6.18 Å². The predicted octanol–water partition coefficient (Wildman–Crippen LogP) is 3.12. The number of fused-ring (bicyclic) bond motifs is 1. The summed E-state index contributed by atoms with van der Waals surface area (Å²) in [5.74, 6) is -0.519. The van der Waals surface area contributed by atoms with Crippen molar-refractivity contribution in [3.8, 4) is 11.6 Å². The molecule has 1 aliphatic heterocycles. The summed E-state index contributed by atoms with van der Waals surface area (Å²) in [4.78, 5) is 29.9. The molecule has 1 aliphatic rings. The van der Waals surface area contributed by atoms with Gasteiger partial charge in [0.1, 0.15) is 11.3 Å². The van der Waals surface area contributed by atoms with E-state index >= 15 is 0 Å². The average molecular weight is 550 g/mol. The number of ether oxygens (including phenoxy) is 1. The molecule has 38 heavy (non-hydrogen) atoms. The number of hydrogen-bond acceptors (Lipinski definition) is 6. The van der Waals surface area contributed by atoms with E-state index in [4.69, 9.17) is 4.74 Å². The Bertz CT molecular complexity index is 1310. The Kier molecular flexibility index (Phi) is 8.26. The van der Waals surface area contributed by atoms with Crippen molar-refractivity contribution in [3.05, 3.63) is 65.0 Å². The number of hydrogen-bond donors (Lipinski definition) is 2. The summed E-state index contributed by atoms with van der Waals surface area (Å²) in [6, 6.07) is 9.64. The molecule has 0 aliphatic carbocycles.